The van der Waals surface area contributed by atoms with E-state index < -0.39 is 11.9 Å². The SMILES string of the molecule is NC1CCOCC1C(=O)[O-]. The fraction of sp³-hybridized carbons (Fsp3) is 0.833. The molecule has 2 atom stereocenters. The summed E-state index contributed by atoms with van der Waals surface area (Å²) in [7, 11) is 0. The fourth-order valence-corrected chi connectivity index (χ4v) is 0.997. The van der Waals surface area contributed by atoms with Gasteiger partial charge in [0.2, 0.25) is 0 Å². The van der Waals surface area contributed by atoms with Gasteiger partial charge in [0.15, 0.2) is 0 Å². The summed E-state index contributed by atoms with van der Waals surface area (Å²) < 4.78 is 4.91. The molecule has 1 rings (SSSR count). The predicted octanol–water partition coefficient (Wildman–Crippen LogP) is -1.90. The Morgan fingerprint density at radius 3 is 2.80 bits per heavy atom. The van der Waals surface area contributed by atoms with E-state index in [1.165, 1.54) is 0 Å². The van der Waals surface area contributed by atoms with Gasteiger partial charge in [-0.1, -0.05) is 0 Å². The van der Waals surface area contributed by atoms with Crippen molar-refractivity contribution < 1.29 is 14.6 Å². The van der Waals surface area contributed by atoms with Crippen LogP contribution in [0.1, 0.15) is 6.42 Å². The monoisotopic (exact) mass is 144 g/mol. The van der Waals surface area contributed by atoms with E-state index in [2.05, 4.69) is 0 Å². The Morgan fingerprint density at radius 2 is 2.40 bits per heavy atom. The predicted molar refractivity (Wildman–Crippen MR) is 31.9 cm³/mol. The largest absolute Gasteiger partial charge is 0.550 e. The third-order valence-electron chi connectivity index (χ3n) is 1.71. The van der Waals surface area contributed by atoms with Crippen molar-refractivity contribution >= 4 is 5.97 Å². The van der Waals surface area contributed by atoms with E-state index in [4.69, 9.17) is 10.5 Å². The molecule has 0 radical (unpaired) electrons. The molecule has 0 saturated carbocycles. The molecule has 2 unspecified atom stereocenters. The van der Waals surface area contributed by atoms with Crippen LogP contribution in [0, 0.1) is 5.92 Å². The number of carbonyl (C=O) groups excluding carboxylic acids is 1. The van der Waals surface area contributed by atoms with Gasteiger partial charge in [-0.15, -0.1) is 0 Å². The number of hydrogen-bond acceptors (Lipinski definition) is 4. The summed E-state index contributed by atoms with van der Waals surface area (Å²) in [4.78, 5) is 10.3. The number of rotatable bonds is 1. The zero-order valence-electron chi connectivity index (χ0n) is 5.58. The van der Waals surface area contributed by atoms with Crippen LogP contribution in [-0.2, 0) is 9.53 Å². The Balaban J connectivity index is 2.47. The highest BCUT2D eigenvalue weighted by Crippen LogP contribution is 2.11. The molecule has 1 heterocycles. The van der Waals surface area contributed by atoms with Gasteiger partial charge < -0.3 is 20.4 Å². The van der Waals surface area contributed by atoms with E-state index in [1.807, 2.05) is 0 Å². The lowest BCUT2D eigenvalue weighted by molar-refractivity contribution is -0.314. The first-order valence-corrected chi connectivity index (χ1v) is 3.26. The molecule has 1 fully saturated rings. The van der Waals surface area contributed by atoms with Gasteiger partial charge in [-0.3, -0.25) is 0 Å². The van der Waals surface area contributed by atoms with Crippen molar-refractivity contribution in [3.05, 3.63) is 0 Å². The smallest absolute Gasteiger partial charge is 0.0561 e. The van der Waals surface area contributed by atoms with Crippen LogP contribution in [0.15, 0.2) is 0 Å². The highest BCUT2D eigenvalue weighted by molar-refractivity contribution is 5.68. The van der Waals surface area contributed by atoms with Gasteiger partial charge in [0.25, 0.3) is 0 Å². The normalized spacial score (nSPS) is 33.7. The van der Waals surface area contributed by atoms with E-state index in [0.717, 1.165) is 0 Å². The summed E-state index contributed by atoms with van der Waals surface area (Å²) in [5.41, 5.74) is 5.48. The summed E-state index contributed by atoms with van der Waals surface area (Å²) in [6.07, 6.45) is 0.610. The number of nitrogens with two attached hydrogens (primary N) is 1. The molecule has 0 aromatic heterocycles. The van der Waals surface area contributed by atoms with Crippen molar-refractivity contribution in [2.45, 2.75) is 12.5 Å². The second-order valence-electron chi connectivity index (χ2n) is 2.45. The van der Waals surface area contributed by atoms with Gasteiger partial charge in [0, 0.05) is 24.5 Å². The molecular weight excluding hydrogens is 134 g/mol. The van der Waals surface area contributed by atoms with Gasteiger partial charge in [-0.2, -0.15) is 0 Å². The van der Waals surface area contributed by atoms with Crippen LogP contribution in [0.3, 0.4) is 0 Å². The molecule has 0 aromatic rings. The maximum atomic E-state index is 10.3. The van der Waals surface area contributed by atoms with E-state index in [0.29, 0.717) is 13.0 Å². The minimum absolute atomic E-state index is 0.198. The van der Waals surface area contributed by atoms with Crippen LogP contribution in [-0.4, -0.2) is 25.2 Å². The van der Waals surface area contributed by atoms with Crippen molar-refractivity contribution in [1.29, 1.82) is 0 Å². The van der Waals surface area contributed by atoms with Crippen LogP contribution in [0.5, 0.6) is 0 Å². The third kappa shape index (κ3) is 1.46. The second-order valence-corrected chi connectivity index (χ2v) is 2.45. The Bertz CT molecular complexity index is 137. The van der Waals surface area contributed by atoms with Crippen molar-refractivity contribution in [3.8, 4) is 0 Å². The molecule has 58 valence electrons. The standard InChI is InChI=1S/C6H11NO3/c7-5-1-2-10-3-4(5)6(8)9/h4-5H,1-3,7H2,(H,8,9)/p-1. The molecule has 4 heteroatoms. The molecule has 2 N–H and O–H groups in total. The van der Waals surface area contributed by atoms with Crippen LogP contribution in [0.4, 0.5) is 0 Å². The van der Waals surface area contributed by atoms with Crippen molar-refractivity contribution in [2.75, 3.05) is 13.2 Å². The van der Waals surface area contributed by atoms with E-state index in [-0.39, 0.29) is 12.6 Å². The zero-order valence-corrected chi connectivity index (χ0v) is 5.58. The van der Waals surface area contributed by atoms with Crippen molar-refractivity contribution in [3.63, 3.8) is 0 Å². The molecule has 0 spiro atoms. The van der Waals surface area contributed by atoms with Gasteiger partial charge in [-0.05, 0) is 6.42 Å². The first kappa shape index (κ1) is 7.50. The summed E-state index contributed by atoms with van der Waals surface area (Å²) in [5, 5.41) is 10.3. The number of carboxylic acid groups (broad SMARTS) is 1. The average Bonchev–Trinajstić information content (AvgIpc) is 1.88. The Morgan fingerprint density at radius 1 is 1.70 bits per heavy atom. The Hall–Kier alpha value is -0.610. The highest BCUT2D eigenvalue weighted by Gasteiger charge is 2.22. The summed E-state index contributed by atoms with van der Waals surface area (Å²) in [5.74, 6) is -1.72. The minimum Gasteiger partial charge on any atom is -0.550 e. The first-order valence-electron chi connectivity index (χ1n) is 3.26. The van der Waals surface area contributed by atoms with Crippen LogP contribution in [0.25, 0.3) is 0 Å². The molecular formula is C6H10NO3-. The number of hydrogen-bond donors (Lipinski definition) is 1. The number of carbonyl (C=O) groups is 1. The van der Waals surface area contributed by atoms with E-state index in [9.17, 15) is 9.90 Å². The quantitative estimate of drug-likeness (QED) is 0.466. The lowest BCUT2D eigenvalue weighted by atomic mass is 9.97. The molecule has 1 aliphatic rings. The van der Waals surface area contributed by atoms with Crippen molar-refractivity contribution in [2.24, 2.45) is 11.7 Å². The maximum Gasteiger partial charge on any atom is 0.0561 e. The third-order valence-corrected chi connectivity index (χ3v) is 1.71. The van der Waals surface area contributed by atoms with Crippen LogP contribution in [0.2, 0.25) is 0 Å². The highest BCUT2D eigenvalue weighted by atomic mass is 16.5. The minimum atomic E-state index is -1.10. The topological polar surface area (TPSA) is 75.4 Å². The lowest BCUT2D eigenvalue weighted by Crippen LogP contribution is -2.48. The molecule has 0 bridgehead atoms. The summed E-state index contributed by atoms with van der Waals surface area (Å²) in [6, 6.07) is -0.293. The van der Waals surface area contributed by atoms with Crippen LogP contribution < -0.4 is 10.8 Å². The van der Waals surface area contributed by atoms with Gasteiger partial charge in [0.1, 0.15) is 0 Å². The zero-order chi connectivity index (χ0) is 7.56. The fourth-order valence-electron chi connectivity index (χ4n) is 0.997. The molecule has 1 saturated heterocycles. The molecule has 0 aromatic carbocycles. The van der Waals surface area contributed by atoms with Gasteiger partial charge in [-0.25, -0.2) is 0 Å². The molecule has 1 aliphatic heterocycles. The second kappa shape index (κ2) is 2.98. The molecule has 4 nitrogen and oxygen atoms in total. The average molecular weight is 144 g/mol. The van der Waals surface area contributed by atoms with Gasteiger partial charge >= 0.3 is 0 Å². The first-order chi connectivity index (χ1) is 4.72. The number of carboxylic acids is 1. The van der Waals surface area contributed by atoms with Gasteiger partial charge in [0.05, 0.1) is 6.61 Å². The van der Waals surface area contributed by atoms with E-state index >= 15 is 0 Å². The molecule has 10 heavy (non-hydrogen) atoms. The van der Waals surface area contributed by atoms with E-state index in [1.54, 1.807) is 0 Å². The van der Waals surface area contributed by atoms with Crippen LogP contribution >= 0.6 is 0 Å². The maximum absolute atomic E-state index is 10.3. The Kier molecular flexibility index (Phi) is 2.24. The number of ether oxygens (including phenoxy) is 1. The number of aliphatic carboxylic acids is 1. The molecule has 0 aliphatic carbocycles. The van der Waals surface area contributed by atoms with Crippen molar-refractivity contribution in [1.82, 2.24) is 0 Å². The Labute approximate surface area is 59.0 Å². The summed E-state index contributed by atoms with van der Waals surface area (Å²) in [6.45, 7) is 0.758. The summed E-state index contributed by atoms with van der Waals surface area (Å²) >= 11 is 0. The lowest BCUT2D eigenvalue weighted by Gasteiger charge is -2.28. The molecule has 0 amide bonds.